The Kier molecular flexibility index (Phi) is 14.8. The number of aliphatic hydroxyl groups excluding tert-OH is 1. The van der Waals surface area contributed by atoms with Crippen LogP contribution < -0.4 is 0 Å². The number of carbonyl (C=O) groups excluding carboxylic acids is 2. The van der Waals surface area contributed by atoms with Crippen molar-refractivity contribution in [3.63, 3.8) is 0 Å². The van der Waals surface area contributed by atoms with Gasteiger partial charge in [0.05, 0.1) is 30.4 Å². The number of hydrogen-bond donors (Lipinski definition) is 1. The van der Waals surface area contributed by atoms with E-state index in [4.69, 9.17) is 4.74 Å². The minimum Gasteiger partial charge on any atom is -0.394 e. The maximum atomic E-state index is 12.5. The summed E-state index contributed by atoms with van der Waals surface area (Å²) in [6.45, 7) is 2.76. The normalized spacial score (nSPS) is 14.1. The standard InChI is InChI=1S/C29H47NO4/c1-2-3-4-5-6-7-8-9-10-11-12-13-14-15-16-19-22-34-24-25(23-31)30-28(32)26-20-17-18-21-27(26)29(30)33/h17-18,20-21,25,31H,2-16,19,22-24H2,1H3. The quantitative estimate of drug-likeness (QED) is 0.155. The number of rotatable bonds is 21. The van der Waals surface area contributed by atoms with Gasteiger partial charge in [-0.1, -0.05) is 115 Å². The third-order valence-corrected chi connectivity index (χ3v) is 6.85. The molecule has 0 saturated heterocycles. The van der Waals surface area contributed by atoms with Crippen LogP contribution in [0, 0.1) is 0 Å². The molecule has 1 aliphatic rings. The second-order valence-electron chi connectivity index (χ2n) is 9.74. The minimum absolute atomic E-state index is 0.181. The third-order valence-electron chi connectivity index (χ3n) is 6.85. The van der Waals surface area contributed by atoms with Crippen molar-refractivity contribution in [2.75, 3.05) is 19.8 Å². The van der Waals surface area contributed by atoms with Gasteiger partial charge in [-0.25, -0.2) is 0 Å². The molecule has 34 heavy (non-hydrogen) atoms. The van der Waals surface area contributed by atoms with Crippen molar-refractivity contribution in [3.8, 4) is 0 Å². The SMILES string of the molecule is CCCCCCCCCCCCCCCCCCOCC(CO)N1C(=O)c2ccccc2C1=O. The molecular weight excluding hydrogens is 426 g/mol. The Balaban J connectivity index is 1.41. The van der Waals surface area contributed by atoms with E-state index in [2.05, 4.69) is 6.92 Å². The first-order valence-corrected chi connectivity index (χ1v) is 13.9. The van der Waals surface area contributed by atoms with Crippen molar-refractivity contribution in [1.29, 1.82) is 0 Å². The maximum absolute atomic E-state index is 12.5. The van der Waals surface area contributed by atoms with Gasteiger partial charge in [-0.2, -0.15) is 0 Å². The van der Waals surface area contributed by atoms with Gasteiger partial charge in [0.2, 0.25) is 0 Å². The Hall–Kier alpha value is -1.72. The molecule has 0 aliphatic carbocycles. The lowest BCUT2D eigenvalue weighted by Crippen LogP contribution is -2.45. The number of unbranched alkanes of at least 4 members (excludes halogenated alkanes) is 15. The lowest BCUT2D eigenvalue weighted by atomic mass is 10.0. The van der Waals surface area contributed by atoms with E-state index in [1.54, 1.807) is 24.3 Å². The summed E-state index contributed by atoms with van der Waals surface area (Å²) >= 11 is 0. The maximum Gasteiger partial charge on any atom is 0.261 e. The predicted molar refractivity (Wildman–Crippen MR) is 138 cm³/mol. The van der Waals surface area contributed by atoms with E-state index in [1.807, 2.05) is 0 Å². The molecule has 1 aromatic rings. The summed E-state index contributed by atoms with van der Waals surface area (Å²) in [5.74, 6) is -0.684. The Morgan fingerprint density at radius 2 is 1.12 bits per heavy atom. The van der Waals surface area contributed by atoms with Gasteiger partial charge in [-0.05, 0) is 18.6 Å². The van der Waals surface area contributed by atoms with E-state index in [-0.39, 0.29) is 25.0 Å². The number of aliphatic hydroxyl groups is 1. The van der Waals surface area contributed by atoms with E-state index in [9.17, 15) is 14.7 Å². The Labute approximate surface area is 207 Å². The topological polar surface area (TPSA) is 66.8 Å². The number of amides is 2. The Bertz CT molecular complexity index is 670. The second-order valence-corrected chi connectivity index (χ2v) is 9.74. The van der Waals surface area contributed by atoms with Gasteiger partial charge in [0, 0.05) is 6.61 Å². The molecule has 0 saturated carbocycles. The van der Waals surface area contributed by atoms with Gasteiger partial charge in [0.1, 0.15) is 0 Å². The summed E-state index contributed by atoms with van der Waals surface area (Å²) in [5.41, 5.74) is 0.813. The van der Waals surface area contributed by atoms with E-state index in [1.165, 1.54) is 89.9 Å². The molecule has 0 fully saturated rings. The number of hydrogen-bond acceptors (Lipinski definition) is 4. The molecule has 5 nitrogen and oxygen atoms in total. The first kappa shape index (κ1) is 28.5. The van der Waals surface area contributed by atoms with Crippen molar-refractivity contribution in [2.45, 2.75) is 116 Å². The molecule has 0 radical (unpaired) electrons. The summed E-state index contributed by atoms with van der Waals surface area (Å²) in [5, 5.41) is 9.72. The van der Waals surface area contributed by atoms with Gasteiger partial charge in [-0.3, -0.25) is 14.5 Å². The number of imide groups is 1. The fourth-order valence-electron chi connectivity index (χ4n) is 4.72. The van der Waals surface area contributed by atoms with Gasteiger partial charge in [0.25, 0.3) is 11.8 Å². The smallest absolute Gasteiger partial charge is 0.261 e. The van der Waals surface area contributed by atoms with Crippen LogP contribution in [0.25, 0.3) is 0 Å². The lowest BCUT2D eigenvalue weighted by Gasteiger charge is -2.24. The molecule has 5 heteroatoms. The van der Waals surface area contributed by atoms with Crippen LogP contribution in [0.2, 0.25) is 0 Å². The van der Waals surface area contributed by atoms with Crippen molar-refractivity contribution < 1.29 is 19.4 Å². The van der Waals surface area contributed by atoms with Crippen LogP contribution in [-0.2, 0) is 4.74 Å². The predicted octanol–water partition coefficient (Wildman–Crippen LogP) is 6.92. The summed E-state index contributed by atoms with van der Waals surface area (Å²) in [6.07, 6.45) is 21.3. The molecule has 1 aromatic carbocycles. The zero-order valence-electron chi connectivity index (χ0n) is 21.4. The summed E-state index contributed by atoms with van der Waals surface area (Å²) < 4.78 is 5.71. The molecule has 1 atom stereocenters. The number of nitrogens with zero attached hydrogens (tertiary/aromatic N) is 1. The van der Waals surface area contributed by atoms with Crippen LogP contribution in [0.3, 0.4) is 0 Å². The zero-order chi connectivity index (χ0) is 24.4. The highest BCUT2D eigenvalue weighted by atomic mass is 16.5. The molecule has 0 aromatic heterocycles. The highest BCUT2D eigenvalue weighted by molar-refractivity contribution is 6.21. The average Bonchev–Trinajstić information content (AvgIpc) is 3.11. The zero-order valence-corrected chi connectivity index (χ0v) is 21.4. The molecule has 2 amide bonds. The second kappa shape index (κ2) is 17.7. The summed E-state index contributed by atoms with van der Waals surface area (Å²) in [7, 11) is 0. The molecule has 192 valence electrons. The van der Waals surface area contributed by atoms with Crippen LogP contribution in [0.15, 0.2) is 24.3 Å². The van der Waals surface area contributed by atoms with Gasteiger partial charge in [0.15, 0.2) is 0 Å². The van der Waals surface area contributed by atoms with Crippen LogP contribution in [0.1, 0.15) is 130 Å². The minimum atomic E-state index is -0.631. The summed E-state index contributed by atoms with van der Waals surface area (Å²) in [6, 6.07) is 6.17. The molecule has 1 N–H and O–H groups in total. The molecule has 1 heterocycles. The van der Waals surface area contributed by atoms with Crippen LogP contribution in [-0.4, -0.2) is 47.7 Å². The van der Waals surface area contributed by atoms with Gasteiger partial charge < -0.3 is 9.84 Å². The largest absolute Gasteiger partial charge is 0.394 e. The Morgan fingerprint density at radius 1 is 0.706 bits per heavy atom. The first-order valence-electron chi connectivity index (χ1n) is 13.9. The molecule has 1 aliphatic heterocycles. The number of ether oxygens (including phenoxy) is 1. The van der Waals surface area contributed by atoms with Crippen molar-refractivity contribution >= 4 is 11.8 Å². The average molecular weight is 474 g/mol. The molecule has 1 unspecified atom stereocenters. The fraction of sp³-hybridized carbons (Fsp3) is 0.724. The first-order chi connectivity index (χ1) is 16.7. The molecular formula is C29H47NO4. The molecule has 2 rings (SSSR count). The lowest BCUT2D eigenvalue weighted by molar-refractivity contribution is 0.0258. The van der Waals surface area contributed by atoms with Crippen LogP contribution in [0.4, 0.5) is 0 Å². The van der Waals surface area contributed by atoms with Gasteiger partial charge >= 0.3 is 0 Å². The van der Waals surface area contributed by atoms with Crippen molar-refractivity contribution in [3.05, 3.63) is 35.4 Å². The monoisotopic (exact) mass is 473 g/mol. The number of fused-ring (bicyclic) bond motifs is 1. The van der Waals surface area contributed by atoms with E-state index in [0.29, 0.717) is 17.7 Å². The highest BCUT2D eigenvalue weighted by Gasteiger charge is 2.39. The van der Waals surface area contributed by atoms with E-state index in [0.717, 1.165) is 17.7 Å². The van der Waals surface area contributed by atoms with Crippen molar-refractivity contribution in [2.24, 2.45) is 0 Å². The van der Waals surface area contributed by atoms with Crippen LogP contribution >= 0.6 is 0 Å². The number of carbonyl (C=O) groups is 2. The number of benzene rings is 1. The summed E-state index contributed by atoms with van der Waals surface area (Å²) in [4.78, 5) is 26.2. The highest BCUT2D eigenvalue weighted by Crippen LogP contribution is 2.24. The Morgan fingerprint density at radius 3 is 1.53 bits per heavy atom. The van der Waals surface area contributed by atoms with E-state index < -0.39 is 6.04 Å². The molecule has 0 bridgehead atoms. The third kappa shape index (κ3) is 9.87. The fourth-order valence-corrected chi connectivity index (χ4v) is 4.72. The van der Waals surface area contributed by atoms with Crippen molar-refractivity contribution in [1.82, 2.24) is 4.90 Å². The van der Waals surface area contributed by atoms with Gasteiger partial charge in [-0.15, -0.1) is 0 Å². The molecule has 0 spiro atoms. The van der Waals surface area contributed by atoms with E-state index >= 15 is 0 Å². The van der Waals surface area contributed by atoms with Crippen LogP contribution in [0.5, 0.6) is 0 Å².